The topological polar surface area (TPSA) is 3.24 Å². The van der Waals surface area contributed by atoms with E-state index in [9.17, 15) is 0 Å². The van der Waals surface area contributed by atoms with E-state index in [1.807, 2.05) is 0 Å². The molecule has 0 fully saturated rings. The first-order valence-electron chi connectivity index (χ1n) is 4.66. The van der Waals surface area contributed by atoms with Crippen molar-refractivity contribution in [2.45, 2.75) is 19.9 Å². The van der Waals surface area contributed by atoms with E-state index >= 15 is 0 Å². The second-order valence-corrected chi connectivity index (χ2v) is 4.49. The van der Waals surface area contributed by atoms with Gasteiger partial charge >= 0.3 is 0 Å². The predicted molar refractivity (Wildman–Crippen MR) is 65.8 cm³/mol. The minimum absolute atomic E-state index is 1.06. The molecule has 0 bridgehead atoms. The normalized spacial score (nSPS) is 10.8. The maximum absolute atomic E-state index is 2.40. The van der Waals surface area contributed by atoms with E-state index in [0.717, 1.165) is 6.54 Å². The average Bonchev–Trinajstić information content (AvgIpc) is 2.09. The fourth-order valence-electron chi connectivity index (χ4n) is 1.38. The van der Waals surface area contributed by atoms with E-state index in [1.54, 1.807) is 0 Å². The highest BCUT2D eigenvalue weighted by molar-refractivity contribution is 14.1. The van der Waals surface area contributed by atoms with Crippen LogP contribution in [0.25, 0.3) is 0 Å². The molecule has 0 saturated heterocycles. The van der Waals surface area contributed by atoms with Crippen molar-refractivity contribution in [2.75, 3.05) is 13.6 Å². The van der Waals surface area contributed by atoms with Gasteiger partial charge in [-0.05, 0) is 54.2 Å². The Balaban J connectivity index is 2.58. The Bertz CT molecular complexity index is 260. The number of nitrogens with zero attached hydrogens (tertiary/aromatic N) is 1. The average molecular weight is 289 g/mol. The van der Waals surface area contributed by atoms with Gasteiger partial charge in [0.1, 0.15) is 0 Å². The second-order valence-electron chi connectivity index (χ2n) is 3.33. The molecule has 1 rings (SSSR count). The Morgan fingerprint density at radius 1 is 1.31 bits per heavy atom. The number of rotatable bonds is 4. The van der Waals surface area contributed by atoms with Gasteiger partial charge in [-0.2, -0.15) is 0 Å². The van der Waals surface area contributed by atoms with Crippen LogP contribution in [0.4, 0.5) is 0 Å². The molecule has 0 N–H and O–H groups in total. The smallest absolute Gasteiger partial charge is 0.0241 e. The Morgan fingerprint density at radius 3 is 2.62 bits per heavy atom. The third kappa shape index (κ3) is 3.65. The molecule has 0 aliphatic carbocycles. The van der Waals surface area contributed by atoms with Gasteiger partial charge in [0.05, 0.1) is 0 Å². The predicted octanol–water partition coefficient (Wildman–Crippen LogP) is 3.13. The molecule has 0 aliphatic heterocycles. The summed E-state index contributed by atoms with van der Waals surface area (Å²) in [5, 5.41) is 0. The van der Waals surface area contributed by atoms with Gasteiger partial charge in [0, 0.05) is 10.1 Å². The van der Waals surface area contributed by atoms with Crippen molar-refractivity contribution < 1.29 is 0 Å². The monoisotopic (exact) mass is 289 g/mol. The molecular formula is C11H16IN. The maximum Gasteiger partial charge on any atom is 0.0241 e. The van der Waals surface area contributed by atoms with E-state index in [1.165, 1.54) is 22.1 Å². The molecule has 0 unspecified atom stereocenters. The molecule has 0 radical (unpaired) electrons. The molecule has 0 aromatic heterocycles. The first-order valence-corrected chi connectivity index (χ1v) is 5.74. The summed E-state index contributed by atoms with van der Waals surface area (Å²) < 4.78 is 1.36. The zero-order chi connectivity index (χ0) is 9.68. The fourth-order valence-corrected chi connectivity index (χ4v) is 1.94. The van der Waals surface area contributed by atoms with Crippen molar-refractivity contribution in [1.29, 1.82) is 0 Å². The van der Waals surface area contributed by atoms with Crippen LogP contribution in [0, 0.1) is 3.57 Å². The fraction of sp³-hybridized carbons (Fsp3) is 0.455. The quantitative estimate of drug-likeness (QED) is 0.770. The lowest BCUT2D eigenvalue weighted by Crippen LogP contribution is -2.18. The molecule has 1 nitrogen and oxygen atoms in total. The zero-order valence-corrected chi connectivity index (χ0v) is 10.4. The van der Waals surface area contributed by atoms with Gasteiger partial charge in [0.25, 0.3) is 0 Å². The first kappa shape index (κ1) is 11.0. The van der Waals surface area contributed by atoms with Crippen LogP contribution in [-0.2, 0) is 6.54 Å². The van der Waals surface area contributed by atoms with Crippen LogP contribution in [-0.4, -0.2) is 18.5 Å². The van der Waals surface area contributed by atoms with Crippen molar-refractivity contribution in [3.8, 4) is 0 Å². The van der Waals surface area contributed by atoms with Gasteiger partial charge in [-0.3, -0.25) is 0 Å². The minimum atomic E-state index is 1.06. The van der Waals surface area contributed by atoms with E-state index in [-0.39, 0.29) is 0 Å². The van der Waals surface area contributed by atoms with E-state index in [4.69, 9.17) is 0 Å². The van der Waals surface area contributed by atoms with Crippen molar-refractivity contribution in [1.82, 2.24) is 4.90 Å². The summed E-state index contributed by atoms with van der Waals surface area (Å²) in [7, 11) is 2.17. The molecule has 0 spiro atoms. The Labute approximate surface area is 94.3 Å². The summed E-state index contributed by atoms with van der Waals surface area (Å²) in [5.41, 5.74) is 1.43. The maximum atomic E-state index is 2.40. The Kier molecular flexibility index (Phi) is 4.73. The van der Waals surface area contributed by atoms with Crippen LogP contribution in [0.3, 0.4) is 0 Å². The standard InChI is InChI=1S/C11H16IN/c1-3-8-13(2)9-10-6-4-5-7-11(10)12/h4-7H,3,8-9H2,1-2H3. The van der Waals surface area contributed by atoms with Crippen LogP contribution >= 0.6 is 22.6 Å². The van der Waals surface area contributed by atoms with Crippen molar-refractivity contribution >= 4 is 22.6 Å². The molecule has 0 saturated carbocycles. The van der Waals surface area contributed by atoms with Gasteiger partial charge in [0.2, 0.25) is 0 Å². The van der Waals surface area contributed by atoms with Gasteiger partial charge in [-0.25, -0.2) is 0 Å². The van der Waals surface area contributed by atoms with E-state index in [0.29, 0.717) is 0 Å². The summed E-state index contributed by atoms with van der Waals surface area (Å²) >= 11 is 2.40. The number of hydrogen-bond acceptors (Lipinski definition) is 1. The minimum Gasteiger partial charge on any atom is -0.302 e. The third-order valence-corrected chi connectivity index (χ3v) is 3.06. The molecule has 72 valence electrons. The third-order valence-electron chi connectivity index (χ3n) is 2.00. The van der Waals surface area contributed by atoms with Crippen LogP contribution in [0.2, 0.25) is 0 Å². The largest absolute Gasteiger partial charge is 0.302 e. The first-order chi connectivity index (χ1) is 6.24. The van der Waals surface area contributed by atoms with Crippen LogP contribution in [0.1, 0.15) is 18.9 Å². The Hall–Kier alpha value is -0.0900. The molecule has 1 aromatic carbocycles. The van der Waals surface area contributed by atoms with Crippen molar-refractivity contribution in [3.05, 3.63) is 33.4 Å². The van der Waals surface area contributed by atoms with Gasteiger partial charge in [-0.1, -0.05) is 25.1 Å². The van der Waals surface area contributed by atoms with Crippen LogP contribution in [0.15, 0.2) is 24.3 Å². The summed E-state index contributed by atoms with van der Waals surface area (Å²) in [6.07, 6.45) is 1.22. The molecule has 0 heterocycles. The molecule has 1 aromatic rings. The molecule has 0 atom stereocenters. The lowest BCUT2D eigenvalue weighted by atomic mass is 10.2. The van der Waals surface area contributed by atoms with Crippen molar-refractivity contribution in [2.24, 2.45) is 0 Å². The lowest BCUT2D eigenvalue weighted by Gasteiger charge is -2.16. The highest BCUT2D eigenvalue weighted by Crippen LogP contribution is 2.13. The number of hydrogen-bond donors (Lipinski definition) is 0. The lowest BCUT2D eigenvalue weighted by molar-refractivity contribution is 0.327. The molecule has 13 heavy (non-hydrogen) atoms. The van der Waals surface area contributed by atoms with E-state index < -0.39 is 0 Å². The second kappa shape index (κ2) is 5.60. The van der Waals surface area contributed by atoms with Crippen LogP contribution < -0.4 is 0 Å². The SMILES string of the molecule is CCCN(C)Cc1ccccc1I. The summed E-state index contributed by atoms with van der Waals surface area (Å²) in [6, 6.07) is 8.56. The summed E-state index contributed by atoms with van der Waals surface area (Å²) in [4.78, 5) is 2.36. The highest BCUT2D eigenvalue weighted by Gasteiger charge is 2.01. The van der Waals surface area contributed by atoms with Gasteiger partial charge in [0.15, 0.2) is 0 Å². The molecule has 2 heteroatoms. The van der Waals surface area contributed by atoms with Gasteiger partial charge in [-0.15, -0.1) is 0 Å². The Morgan fingerprint density at radius 2 is 2.00 bits per heavy atom. The number of benzene rings is 1. The van der Waals surface area contributed by atoms with Crippen molar-refractivity contribution in [3.63, 3.8) is 0 Å². The molecule has 0 aliphatic rings. The number of halogens is 1. The highest BCUT2D eigenvalue weighted by atomic mass is 127. The summed E-state index contributed by atoms with van der Waals surface area (Å²) in [6.45, 7) is 4.45. The van der Waals surface area contributed by atoms with Gasteiger partial charge < -0.3 is 4.90 Å². The van der Waals surface area contributed by atoms with Crippen LogP contribution in [0.5, 0.6) is 0 Å². The molecular weight excluding hydrogens is 273 g/mol. The van der Waals surface area contributed by atoms with E-state index in [2.05, 4.69) is 65.7 Å². The zero-order valence-electron chi connectivity index (χ0n) is 8.26. The summed E-state index contributed by atoms with van der Waals surface area (Å²) in [5.74, 6) is 0. The molecule has 0 amide bonds.